The highest BCUT2D eigenvalue weighted by Gasteiger charge is 2.14. The van der Waals surface area contributed by atoms with Gasteiger partial charge in [0.1, 0.15) is 5.83 Å². The Morgan fingerprint density at radius 2 is 2.40 bits per heavy atom. The minimum atomic E-state index is -1.15. The van der Waals surface area contributed by atoms with Gasteiger partial charge >= 0.3 is 5.97 Å². The topological polar surface area (TPSA) is 37.3 Å². The average molecular weight is 142 g/mol. The van der Waals surface area contributed by atoms with E-state index in [-0.39, 0.29) is 5.57 Å². The van der Waals surface area contributed by atoms with Gasteiger partial charge < -0.3 is 5.11 Å². The number of rotatable bonds is 1. The third-order valence-corrected chi connectivity index (χ3v) is 1.37. The number of hydrogen-bond donors (Lipinski definition) is 1. The molecule has 0 heterocycles. The van der Waals surface area contributed by atoms with Gasteiger partial charge in [0.2, 0.25) is 0 Å². The monoisotopic (exact) mass is 142 g/mol. The van der Waals surface area contributed by atoms with E-state index in [2.05, 4.69) is 0 Å². The molecule has 0 unspecified atom stereocenters. The van der Waals surface area contributed by atoms with Crippen molar-refractivity contribution in [2.45, 2.75) is 12.8 Å². The summed E-state index contributed by atoms with van der Waals surface area (Å²) in [6.45, 7) is 0. The molecule has 0 aromatic heterocycles. The van der Waals surface area contributed by atoms with Crippen LogP contribution < -0.4 is 0 Å². The lowest BCUT2D eigenvalue weighted by atomic mass is 10.0. The number of carboxylic acid groups (broad SMARTS) is 1. The summed E-state index contributed by atoms with van der Waals surface area (Å²) in [5.74, 6) is -1.76. The van der Waals surface area contributed by atoms with E-state index < -0.39 is 11.8 Å². The molecule has 0 fully saturated rings. The van der Waals surface area contributed by atoms with Gasteiger partial charge in [0.15, 0.2) is 0 Å². The van der Waals surface area contributed by atoms with Gasteiger partial charge in [-0.1, -0.05) is 6.08 Å². The molecule has 1 N–H and O–H groups in total. The Morgan fingerprint density at radius 3 is 2.80 bits per heavy atom. The summed E-state index contributed by atoms with van der Waals surface area (Å²) < 4.78 is 12.5. The van der Waals surface area contributed by atoms with Crippen molar-refractivity contribution in [1.29, 1.82) is 0 Å². The standard InChI is InChI=1S/C7H7FO2/c8-6-4-2-1-3-5(6)7(9)10/h2,4H,1,3H2,(H,9,10). The molecule has 54 valence electrons. The molecule has 0 aromatic rings. The summed E-state index contributed by atoms with van der Waals surface area (Å²) >= 11 is 0. The number of carbonyl (C=O) groups is 1. The molecule has 10 heavy (non-hydrogen) atoms. The van der Waals surface area contributed by atoms with Crippen LogP contribution in [0.15, 0.2) is 23.6 Å². The van der Waals surface area contributed by atoms with Crippen LogP contribution in [0.2, 0.25) is 0 Å². The lowest BCUT2D eigenvalue weighted by molar-refractivity contribution is -0.132. The minimum Gasteiger partial charge on any atom is -0.478 e. The molecular weight excluding hydrogens is 135 g/mol. The third kappa shape index (κ3) is 1.23. The molecule has 1 aliphatic carbocycles. The van der Waals surface area contributed by atoms with Crippen LogP contribution in [0.1, 0.15) is 12.8 Å². The fourth-order valence-corrected chi connectivity index (χ4v) is 0.844. The van der Waals surface area contributed by atoms with Gasteiger partial charge in [0, 0.05) is 0 Å². The fraction of sp³-hybridized carbons (Fsp3) is 0.286. The van der Waals surface area contributed by atoms with Crippen molar-refractivity contribution in [2.75, 3.05) is 0 Å². The van der Waals surface area contributed by atoms with Gasteiger partial charge in [-0.2, -0.15) is 0 Å². The van der Waals surface area contributed by atoms with Crippen molar-refractivity contribution < 1.29 is 14.3 Å². The molecule has 0 saturated carbocycles. The molecule has 0 spiro atoms. The van der Waals surface area contributed by atoms with Crippen molar-refractivity contribution in [3.05, 3.63) is 23.6 Å². The van der Waals surface area contributed by atoms with Crippen molar-refractivity contribution in [3.8, 4) is 0 Å². The molecule has 0 aliphatic heterocycles. The molecule has 2 nitrogen and oxygen atoms in total. The summed E-state index contributed by atoms with van der Waals surface area (Å²) in [6, 6.07) is 0. The van der Waals surface area contributed by atoms with Crippen LogP contribution in [0.3, 0.4) is 0 Å². The van der Waals surface area contributed by atoms with Gasteiger partial charge in [-0.15, -0.1) is 0 Å². The first kappa shape index (κ1) is 6.99. The fourth-order valence-electron chi connectivity index (χ4n) is 0.844. The Balaban J connectivity index is 2.89. The summed E-state index contributed by atoms with van der Waals surface area (Å²) in [4.78, 5) is 10.2. The van der Waals surface area contributed by atoms with E-state index in [9.17, 15) is 9.18 Å². The maximum atomic E-state index is 12.5. The predicted molar refractivity (Wildman–Crippen MR) is 34.1 cm³/mol. The van der Waals surface area contributed by atoms with E-state index >= 15 is 0 Å². The largest absolute Gasteiger partial charge is 0.478 e. The third-order valence-electron chi connectivity index (χ3n) is 1.37. The van der Waals surface area contributed by atoms with Crippen LogP contribution in [-0.4, -0.2) is 11.1 Å². The summed E-state index contributed by atoms with van der Waals surface area (Å²) in [6.07, 6.45) is 3.75. The lowest BCUT2D eigenvalue weighted by Gasteiger charge is -2.04. The Hall–Kier alpha value is -1.12. The zero-order valence-corrected chi connectivity index (χ0v) is 5.30. The molecule has 0 saturated heterocycles. The highest BCUT2D eigenvalue weighted by Crippen LogP contribution is 2.19. The molecule has 0 aromatic carbocycles. The molecule has 1 aliphatic rings. The predicted octanol–water partition coefficient (Wildman–Crippen LogP) is 1.64. The maximum Gasteiger partial charge on any atom is 0.334 e. The van der Waals surface area contributed by atoms with Gasteiger partial charge in [-0.05, 0) is 18.9 Å². The Labute approximate surface area is 57.7 Å². The zero-order chi connectivity index (χ0) is 7.56. The van der Waals surface area contributed by atoms with Crippen molar-refractivity contribution in [1.82, 2.24) is 0 Å². The first-order valence-corrected chi connectivity index (χ1v) is 3.00. The Bertz CT molecular complexity index is 216. The Morgan fingerprint density at radius 1 is 1.70 bits per heavy atom. The Kier molecular flexibility index (Phi) is 1.85. The van der Waals surface area contributed by atoms with E-state index in [0.717, 1.165) is 0 Å². The smallest absolute Gasteiger partial charge is 0.334 e. The second kappa shape index (κ2) is 2.64. The molecule has 0 radical (unpaired) electrons. The van der Waals surface area contributed by atoms with E-state index in [1.54, 1.807) is 6.08 Å². The van der Waals surface area contributed by atoms with E-state index in [0.29, 0.717) is 12.8 Å². The number of hydrogen-bond acceptors (Lipinski definition) is 1. The van der Waals surface area contributed by atoms with Crippen LogP contribution in [0.25, 0.3) is 0 Å². The van der Waals surface area contributed by atoms with Gasteiger partial charge in [0.25, 0.3) is 0 Å². The molecule has 0 atom stereocenters. The molecule has 0 amide bonds. The van der Waals surface area contributed by atoms with Gasteiger partial charge in [-0.3, -0.25) is 0 Å². The molecule has 1 rings (SSSR count). The van der Waals surface area contributed by atoms with E-state index in [1.165, 1.54) is 6.08 Å². The van der Waals surface area contributed by atoms with Gasteiger partial charge in [0.05, 0.1) is 5.57 Å². The van der Waals surface area contributed by atoms with E-state index in [4.69, 9.17) is 5.11 Å². The van der Waals surface area contributed by atoms with Crippen LogP contribution in [-0.2, 0) is 4.79 Å². The van der Waals surface area contributed by atoms with Crippen LogP contribution in [0.4, 0.5) is 4.39 Å². The number of aliphatic carboxylic acids is 1. The zero-order valence-electron chi connectivity index (χ0n) is 5.30. The van der Waals surface area contributed by atoms with Crippen LogP contribution in [0.5, 0.6) is 0 Å². The highest BCUT2D eigenvalue weighted by molar-refractivity contribution is 5.87. The minimum absolute atomic E-state index is 0.109. The maximum absolute atomic E-state index is 12.5. The quantitative estimate of drug-likeness (QED) is 0.604. The van der Waals surface area contributed by atoms with Crippen LogP contribution in [0, 0.1) is 0 Å². The van der Waals surface area contributed by atoms with Crippen molar-refractivity contribution in [3.63, 3.8) is 0 Å². The summed E-state index contributed by atoms with van der Waals surface area (Å²) in [7, 11) is 0. The van der Waals surface area contributed by atoms with Crippen LogP contribution >= 0.6 is 0 Å². The number of halogens is 1. The van der Waals surface area contributed by atoms with E-state index in [1.807, 2.05) is 0 Å². The first-order valence-electron chi connectivity index (χ1n) is 3.00. The molecule has 3 heteroatoms. The van der Waals surface area contributed by atoms with Crippen molar-refractivity contribution in [2.24, 2.45) is 0 Å². The first-order chi connectivity index (χ1) is 4.72. The average Bonchev–Trinajstić information content (AvgIpc) is 1.88. The normalized spacial score (nSPS) is 17.7. The van der Waals surface area contributed by atoms with Gasteiger partial charge in [-0.25, -0.2) is 9.18 Å². The summed E-state index contributed by atoms with van der Waals surface area (Å²) in [5, 5.41) is 8.38. The van der Waals surface area contributed by atoms with Crippen molar-refractivity contribution >= 4 is 5.97 Å². The lowest BCUT2D eigenvalue weighted by Crippen LogP contribution is -2.04. The SMILES string of the molecule is O=C(O)C1=C(F)C=CCC1. The number of carboxylic acids is 1. The summed E-state index contributed by atoms with van der Waals surface area (Å²) in [5.41, 5.74) is -0.109. The second-order valence-electron chi connectivity index (χ2n) is 2.07. The second-order valence-corrected chi connectivity index (χ2v) is 2.07. The highest BCUT2D eigenvalue weighted by atomic mass is 19.1. The molecule has 0 bridgehead atoms. The number of allylic oxidation sites excluding steroid dienone is 3. The molecular formula is C7H7FO2.